The van der Waals surface area contributed by atoms with Gasteiger partial charge in [-0.3, -0.25) is 14.9 Å². The lowest BCUT2D eigenvalue weighted by molar-refractivity contribution is -0.384. The number of thioether (sulfide) groups is 1. The molecule has 2 aromatic rings. The van der Waals surface area contributed by atoms with Crippen molar-refractivity contribution in [3.8, 4) is 5.75 Å². The Hall–Kier alpha value is -2.34. The van der Waals surface area contributed by atoms with Crippen LogP contribution >= 0.6 is 11.8 Å². The largest absolute Gasteiger partial charge is 0.426 e. The van der Waals surface area contributed by atoms with Crippen molar-refractivity contribution in [1.82, 2.24) is 0 Å². The normalized spacial score (nSPS) is 11.7. The Morgan fingerprint density at radius 1 is 1.14 bits per heavy atom. The lowest BCUT2D eigenvalue weighted by Crippen LogP contribution is -2.19. The lowest BCUT2D eigenvalue weighted by Gasteiger charge is -2.10. The van der Waals surface area contributed by atoms with Gasteiger partial charge in [0, 0.05) is 17.0 Å². The molecule has 0 aliphatic rings. The predicted molar refractivity (Wildman–Crippen MR) is 80.5 cm³/mol. The van der Waals surface area contributed by atoms with Crippen molar-refractivity contribution < 1.29 is 14.5 Å². The number of esters is 1. The zero-order valence-corrected chi connectivity index (χ0v) is 12.1. The van der Waals surface area contributed by atoms with Crippen LogP contribution in [0.15, 0.2) is 59.5 Å². The van der Waals surface area contributed by atoms with Crippen LogP contribution in [0.2, 0.25) is 0 Å². The van der Waals surface area contributed by atoms with Crippen LogP contribution in [0.4, 0.5) is 5.69 Å². The van der Waals surface area contributed by atoms with Gasteiger partial charge in [0.05, 0.1) is 4.92 Å². The van der Waals surface area contributed by atoms with Gasteiger partial charge in [-0.15, -0.1) is 11.8 Å². The van der Waals surface area contributed by atoms with Crippen molar-refractivity contribution in [2.24, 2.45) is 0 Å². The number of rotatable bonds is 5. The highest BCUT2D eigenvalue weighted by atomic mass is 32.2. The number of nitro benzene ring substituents is 1. The van der Waals surface area contributed by atoms with E-state index in [9.17, 15) is 14.9 Å². The van der Waals surface area contributed by atoms with Crippen LogP contribution in [0.25, 0.3) is 0 Å². The van der Waals surface area contributed by atoms with E-state index in [1.165, 1.54) is 23.9 Å². The highest BCUT2D eigenvalue weighted by molar-refractivity contribution is 8.00. The predicted octanol–water partition coefficient (Wildman–Crippen LogP) is 3.68. The first-order valence-corrected chi connectivity index (χ1v) is 7.12. The molecule has 0 aliphatic heterocycles. The molecule has 0 radical (unpaired) electrons. The van der Waals surface area contributed by atoms with Crippen molar-refractivity contribution in [2.75, 3.05) is 0 Å². The molecule has 1 atom stereocenters. The second-order valence-electron chi connectivity index (χ2n) is 4.25. The highest BCUT2D eigenvalue weighted by Crippen LogP contribution is 2.26. The van der Waals surface area contributed by atoms with Gasteiger partial charge in [0.2, 0.25) is 0 Å². The molecule has 0 aromatic heterocycles. The Kier molecular flexibility index (Phi) is 4.94. The summed E-state index contributed by atoms with van der Waals surface area (Å²) in [4.78, 5) is 22.8. The summed E-state index contributed by atoms with van der Waals surface area (Å²) in [6.07, 6.45) is 0. The number of carbonyl (C=O) groups is 1. The fraction of sp³-hybridized carbons (Fsp3) is 0.133. The average Bonchev–Trinajstić information content (AvgIpc) is 2.48. The molecule has 0 spiro atoms. The van der Waals surface area contributed by atoms with Gasteiger partial charge in [0.25, 0.3) is 5.69 Å². The zero-order chi connectivity index (χ0) is 15.2. The molecule has 2 aromatic carbocycles. The number of hydrogen-bond acceptors (Lipinski definition) is 5. The van der Waals surface area contributed by atoms with E-state index in [2.05, 4.69) is 0 Å². The minimum atomic E-state index is -0.457. The van der Waals surface area contributed by atoms with E-state index >= 15 is 0 Å². The Balaban J connectivity index is 1.95. The molecular weight excluding hydrogens is 290 g/mol. The second kappa shape index (κ2) is 6.90. The van der Waals surface area contributed by atoms with E-state index in [4.69, 9.17) is 4.74 Å². The number of benzene rings is 2. The quantitative estimate of drug-likeness (QED) is 0.277. The molecule has 0 bridgehead atoms. The van der Waals surface area contributed by atoms with E-state index in [1.807, 2.05) is 6.07 Å². The maximum Gasteiger partial charge on any atom is 0.324 e. The van der Waals surface area contributed by atoms with Crippen LogP contribution in [-0.2, 0) is 4.79 Å². The van der Waals surface area contributed by atoms with E-state index in [0.717, 1.165) is 4.90 Å². The second-order valence-corrected chi connectivity index (χ2v) is 5.66. The number of para-hydroxylation sites is 1. The molecule has 0 aliphatic carbocycles. The maximum absolute atomic E-state index is 11.9. The fourth-order valence-electron chi connectivity index (χ4n) is 1.59. The number of nitro groups is 1. The first-order valence-electron chi connectivity index (χ1n) is 6.24. The summed E-state index contributed by atoms with van der Waals surface area (Å²) in [7, 11) is 0. The Bertz CT molecular complexity index is 628. The molecule has 0 saturated carbocycles. The van der Waals surface area contributed by atoms with Gasteiger partial charge >= 0.3 is 5.97 Å². The average molecular weight is 303 g/mol. The van der Waals surface area contributed by atoms with Crippen molar-refractivity contribution in [3.05, 3.63) is 64.7 Å². The van der Waals surface area contributed by atoms with E-state index in [0.29, 0.717) is 5.75 Å². The first kappa shape index (κ1) is 15.1. The van der Waals surface area contributed by atoms with Gasteiger partial charge in [-0.05, 0) is 31.2 Å². The van der Waals surface area contributed by atoms with Crippen LogP contribution in [-0.4, -0.2) is 16.1 Å². The monoisotopic (exact) mass is 303 g/mol. The Labute approximate surface area is 126 Å². The smallest absolute Gasteiger partial charge is 0.324 e. The van der Waals surface area contributed by atoms with E-state index in [-0.39, 0.29) is 11.7 Å². The summed E-state index contributed by atoms with van der Waals surface area (Å²) < 4.78 is 5.24. The molecule has 0 N–H and O–H groups in total. The van der Waals surface area contributed by atoms with Crippen molar-refractivity contribution in [2.45, 2.75) is 17.1 Å². The van der Waals surface area contributed by atoms with Crippen molar-refractivity contribution in [1.29, 1.82) is 0 Å². The summed E-state index contributed by atoms with van der Waals surface area (Å²) in [6.45, 7) is 1.73. The summed E-state index contributed by atoms with van der Waals surface area (Å²) in [5, 5.41) is 10.2. The molecule has 21 heavy (non-hydrogen) atoms. The topological polar surface area (TPSA) is 69.4 Å². The lowest BCUT2D eigenvalue weighted by atomic mass is 10.3. The third-order valence-corrected chi connectivity index (χ3v) is 3.74. The maximum atomic E-state index is 11.9. The van der Waals surface area contributed by atoms with Crippen LogP contribution in [0.1, 0.15) is 6.92 Å². The molecule has 6 heteroatoms. The molecule has 1 unspecified atom stereocenters. The number of non-ortho nitro benzene ring substituents is 1. The van der Waals surface area contributed by atoms with Gasteiger partial charge in [0.15, 0.2) is 0 Å². The highest BCUT2D eigenvalue weighted by Gasteiger charge is 2.17. The number of nitrogens with zero attached hydrogens (tertiary/aromatic N) is 1. The number of hydrogen-bond donors (Lipinski definition) is 0. The molecule has 2 rings (SSSR count). The van der Waals surface area contributed by atoms with Crippen LogP contribution in [0, 0.1) is 10.1 Å². The fourth-order valence-corrected chi connectivity index (χ4v) is 2.43. The number of carbonyl (C=O) groups excluding carboxylic acids is 1. The zero-order valence-electron chi connectivity index (χ0n) is 11.3. The number of ether oxygens (including phenoxy) is 1. The van der Waals surface area contributed by atoms with Gasteiger partial charge in [-0.25, -0.2) is 0 Å². The third kappa shape index (κ3) is 4.32. The Morgan fingerprint density at radius 2 is 1.76 bits per heavy atom. The standard InChI is InChI=1S/C15H13NO4S/c1-11(15(17)20-13-5-3-2-4-6-13)21-14-9-7-12(8-10-14)16(18)19/h2-11H,1H3. The van der Waals surface area contributed by atoms with Crippen LogP contribution in [0.5, 0.6) is 5.75 Å². The molecule has 0 saturated heterocycles. The molecule has 0 heterocycles. The Morgan fingerprint density at radius 3 is 2.33 bits per heavy atom. The molecule has 5 nitrogen and oxygen atoms in total. The molecule has 108 valence electrons. The molecular formula is C15H13NO4S. The summed E-state index contributed by atoms with van der Waals surface area (Å²) in [5.74, 6) is 0.142. The van der Waals surface area contributed by atoms with E-state index < -0.39 is 10.2 Å². The summed E-state index contributed by atoms with van der Waals surface area (Å²) in [6, 6.07) is 14.9. The van der Waals surface area contributed by atoms with Crippen LogP contribution < -0.4 is 4.74 Å². The SMILES string of the molecule is CC(Sc1ccc([N+](=O)[O-])cc1)C(=O)Oc1ccccc1. The van der Waals surface area contributed by atoms with E-state index in [1.54, 1.807) is 43.3 Å². The van der Waals surface area contributed by atoms with Gasteiger partial charge in [0.1, 0.15) is 11.0 Å². The van der Waals surface area contributed by atoms with Gasteiger partial charge in [-0.1, -0.05) is 18.2 Å². The molecule has 0 fully saturated rings. The van der Waals surface area contributed by atoms with Crippen molar-refractivity contribution >= 4 is 23.4 Å². The van der Waals surface area contributed by atoms with Gasteiger partial charge in [-0.2, -0.15) is 0 Å². The summed E-state index contributed by atoms with van der Waals surface area (Å²) >= 11 is 1.29. The van der Waals surface area contributed by atoms with Gasteiger partial charge < -0.3 is 4.74 Å². The first-order chi connectivity index (χ1) is 10.1. The molecule has 0 amide bonds. The van der Waals surface area contributed by atoms with Crippen molar-refractivity contribution in [3.63, 3.8) is 0 Å². The minimum absolute atomic E-state index is 0.0267. The van der Waals surface area contributed by atoms with Crippen LogP contribution in [0.3, 0.4) is 0 Å². The summed E-state index contributed by atoms with van der Waals surface area (Å²) in [5.41, 5.74) is 0.0267. The third-order valence-electron chi connectivity index (χ3n) is 2.65. The minimum Gasteiger partial charge on any atom is -0.426 e.